The lowest BCUT2D eigenvalue weighted by Gasteiger charge is -2.35. The van der Waals surface area contributed by atoms with Gasteiger partial charge in [-0.05, 0) is 19.3 Å². The first-order valence-electron chi connectivity index (χ1n) is 6.42. The summed E-state index contributed by atoms with van der Waals surface area (Å²) in [5.74, 6) is -1.83. The lowest BCUT2D eigenvalue weighted by Crippen LogP contribution is -2.49. The van der Waals surface area contributed by atoms with Crippen LogP contribution >= 0.6 is 0 Å². The number of aliphatic carboxylic acids is 1. The molecule has 1 N–H and O–H groups in total. The first kappa shape index (κ1) is 13.3. The molecule has 0 aromatic carbocycles. The fourth-order valence-corrected chi connectivity index (χ4v) is 3.11. The highest BCUT2D eigenvalue weighted by Crippen LogP contribution is 2.59. The Morgan fingerprint density at radius 3 is 2.06 bits per heavy atom. The molecule has 5 nitrogen and oxygen atoms in total. The van der Waals surface area contributed by atoms with Gasteiger partial charge in [-0.15, -0.1) is 0 Å². The molecule has 2 rings (SSSR count). The van der Waals surface area contributed by atoms with Crippen molar-refractivity contribution in [2.45, 2.75) is 39.9 Å². The maximum atomic E-state index is 12.4. The Bertz CT molecular complexity index is 369. The van der Waals surface area contributed by atoms with E-state index in [0.29, 0.717) is 13.1 Å². The molecular formula is C13H21NO4. The highest BCUT2D eigenvalue weighted by molar-refractivity contribution is 5.91. The zero-order valence-electron chi connectivity index (χ0n) is 11.3. The summed E-state index contributed by atoms with van der Waals surface area (Å²) >= 11 is 0. The molecule has 4 atom stereocenters. The van der Waals surface area contributed by atoms with Crippen LogP contribution in [-0.2, 0) is 14.3 Å². The summed E-state index contributed by atoms with van der Waals surface area (Å²) in [5.41, 5.74) is -0.423. The maximum Gasteiger partial charge on any atom is 0.307 e. The van der Waals surface area contributed by atoms with Gasteiger partial charge in [-0.1, -0.05) is 13.8 Å². The molecule has 0 radical (unpaired) electrons. The van der Waals surface area contributed by atoms with Crippen molar-refractivity contribution in [2.75, 3.05) is 13.1 Å². The van der Waals surface area contributed by atoms with E-state index in [4.69, 9.17) is 9.84 Å². The molecule has 1 aliphatic heterocycles. The Hall–Kier alpha value is -1.10. The van der Waals surface area contributed by atoms with Crippen LogP contribution in [-0.4, -0.2) is 47.2 Å². The van der Waals surface area contributed by atoms with Gasteiger partial charge in [-0.3, -0.25) is 9.59 Å². The number of hydrogen-bond donors (Lipinski definition) is 1. The van der Waals surface area contributed by atoms with Crippen molar-refractivity contribution in [3.05, 3.63) is 0 Å². The number of rotatable bonds is 2. The molecule has 2 unspecified atom stereocenters. The molecule has 5 heteroatoms. The molecule has 1 amide bonds. The molecule has 2 aliphatic rings. The van der Waals surface area contributed by atoms with Crippen molar-refractivity contribution in [3.8, 4) is 0 Å². The number of carboxylic acids is 1. The third-order valence-electron chi connectivity index (χ3n) is 4.09. The minimum absolute atomic E-state index is 0.0165. The summed E-state index contributed by atoms with van der Waals surface area (Å²) in [6.45, 7) is 8.68. The summed E-state index contributed by atoms with van der Waals surface area (Å²) in [6.07, 6.45) is 0.0330. The second kappa shape index (κ2) is 4.23. The van der Waals surface area contributed by atoms with E-state index in [9.17, 15) is 9.59 Å². The molecule has 0 bridgehead atoms. The first-order valence-corrected chi connectivity index (χ1v) is 6.42. The van der Waals surface area contributed by atoms with E-state index >= 15 is 0 Å². The van der Waals surface area contributed by atoms with E-state index in [1.54, 1.807) is 4.90 Å². The number of ether oxygens (including phenoxy) is 1. The zero-order valence-corrected chi connectivity index (χ0v) is 11.3. The number of morpholine rings is 1. The Morgan fingerprint density at radius 2 is 1.67 bits per heavy atom. The highest BCUT2D eigenvalue weighted by atomic mass is 16.5. The molecule has 1 heterocycles. The molecule has 1 aliphatic carbocycles. The molecule has 102 valence electrons. The van der Waals surface area contributed by atoms with Gasteiger partial charge in [-0.25, -0.2) is 0 Å². The Labute approximate surface area is 107 Å². The summed E-state index contributed by atoms with van der Waals surface area (Å²) in [5, 5.41) is 9.12. The second-order valence-corrected chi connectivity index (χ2v) is 6.12. The van der Waals surface area contributed by atoms with Gasteiger partial charge in [0.1, 0.15) is 0 Å². The van der Waals surface area contributed by atoms with Crippen LogP contribution in [0, 0.1) is 17.3 Å². The maximum absolute atomic E-state index is 12.4. The van der Waals surface area contributed by atoms with Gasteiger partial charge in [0.25, 0.3) is 0 Å². The van der Waals surface area contributed by atoms with Crippen LogP contribution in [0.25, 0.3) is 0 Å². The van der Waals surface area contributed by atoms with Crippen LogP contribution in [0.5, 0.6) is 0 Å². The second-order valence-electron chi connectivity index (χ2n) is 6.12. The van der Waals surface area contributed by atoms with Crippen molar-refractivity contribution < 1.29 is 19.4 Å². The van der Waals surface area contributed by atoms with Gasteiger partial charge < -0.3 is 14.7 Å². The monoisotopic (exact) mass is 255 g/mol. The number of hydrogen-bond acceptors (Lipinski definition) is 3. The van der Waals surface area contributed by atoms with Gasteiger partial charge in [0.05, 0.1) is 24.0 Å². The van der Waals surface area contributed by atoms with Crippen molar-refractivity contribution in [3.63, 3.8) is 0 Å². The largest absolute Gasteiger partial charge is 0.481 e. The highest BCUT2D eigenvalue weighted by Gasteiger charge is 2.66. The van der Waals surface area contributed by atoms with E-state index in [-0.39, 0.29) is 24.0 Å². The summed E-state index contributed by atoms with van der Waals surface area (Å²) in [6, 6.07) is 0. The molecule has 18 heavy (non-hydrogen) atoms. The van der Waals surface area contributed by atoms with Crippen molar-refractivity contribution in [1.29, 1.82) is 0 Å². The van der Waals surface area contributed by atoms with Crippen LogP contribution < -0.4 is 0 Å². The normalized spacial score (nSPS) is 38.3. The summed E-state index contributed by atoms with van der Waals surface area (Å²) in [7, 11) is 0. The van der Waals surface area contributed by atoms with E-state index < -0.39 is 17.3 Å². The SMILES string of the molecule is CC1CN(C(=O)[C@H]2[C@@H](C(=O)O)C2(C)C)CC(C)O1. The predicted molar refractivity (Wildman–Crippen MR) is 65.0 cm³/mol. The van der Waals surface area contributed by atoms with Crippen molar-refractivity contribution in [1.82, 2.24) is 4.90 Å². The van der Waals surface area contributed by atoms with E-state index in [2.05, 4.69) is 0 Å². The molecule has 0 aromatic heterocycles. The van der Waals surface area contributed by atoms with Crippen LogP contribution in [0.4, 0.5) is 0 Å². The van der Waals surface area contributed by atoms with Crippen molar-refractivity contribution in [2.24, 2.45) is 17.3 Å². The van der Waals surface area contributed by atoms with E-state index in [0.717, 1.165) is 0 Å². The quantitative estimate of drug-likeness (QED) is 0.798. The smallest absolute Gasteiger partial charge is 0.307 e. The molecule has 0 aromatic rings. The molecule has 2 fully saturated rings. The van der Waals surface area contributed by atoms with E-state index in [1.165, 1.54) is 0 Å². The van der Waals surface area contributed by atoms with Crippen LogP contribution in [0.3, 0.4) is 0 Å². The Kier molecular flexibility index (Phi) is 3.13. The third-order valence-corrected chi connectivity index (χ3v) is 4.09. The van der Waals surface area contributed by atoms with Crippen LogP contribution in [0.2, 0.25) is 0 Å². The molecule has 0 spiro atoms. The zero-order chi connectivity index (χ0) is 13.7. The minimum atomic E-state index is -0.868. The van der Waals surface area contributed by atoms with Gasteiger partial charge in [0.15, 0.2) is 0 Å². The standard InChI is InChI=1S/C13H21NO4/c1-7-5-14(6-8(2)18-7)11(15)9-10(12(16)17)13(9,3)4/h7-10H,5-6H2,1-4H3,(H,16,17)/t7?,8?,9-,10+/m1/s1. The molecule has 1 saturated heterocycles. The third kappa shape index (κ3) is 2.11. The van der Waals surface area contributed by atoms with Gasteiger partial charge >= 0.3 is 5.97 Å². The number of carbonyl (C=O) groups excluding carboxylic acids is 1. The molecular weight excluding hydrogens is 234 g/mol. The number of carboxylic acid groups (broad SMARTS) is 1. The summed E-state index contributed by atoms with van der Waals surface area (Å²) in [4.78, 5) is 25.3. The van der Waals surface area contributed by atoms with Gasteiger partial charge in [0, 0.05) is 13.1 Å². The first-order chi connectivity index (χ1) is 8.25. The van der Waals surface area contributed by atoms with Crippen LogP contribution in [0.1, 0.15) is 27.7 Å². The lowest BCUT2D eigenvalue weighted by molar-refractivity contribution is -0.147. The minimum Gasteiger partial charge on any atom is -0.481 e. The number of nitrogens with zero attached hydrogens (tertiary/aromatic N) is 1. The Balaban J connectivity index is 2.07. The van der Waals surface area contributed by atoms with Gasteiger partial charge in [0.2, 0.25) is 5.91 Å². The fourth-order valence-electron chi connectivity index (χ4n) is 3.11. The topological polar surface area (TPSA) is 66.8 Å². The fraction of sp³-hybridized carbons (Fsp3) is 0.846. The van der Waals surface area contributed by atoms with Crippen molar-refractivity contribution >= 4 is 11.9 Å². The average molecular weight is 255 g/mol. The summed E-state index contributed by atoms with van der Waals surface area (Å²) < 4.78 is 5.58. The number of amides is 1. The van der Waals surface area contributed by atoms with Gasteiger partial charge in [-0.2, -0.15) is 0 Å². The lowest BCUT2D eigenvalue weighted by atomic mass is 10.1. The average Bonchev–Trinajstić information content (AvgIpc) is 2.79. The number of carbonyl (C=O) groups is 2. The molecule has 1 saturated carbocycles. The van der Waals surface area contributed by atoms with E-state index in [1.807, 2.05) is 27.7 Å². The Morgan fingerprint density at radius 1 is 1.17 bits per heavy atom. The van der Waals surface area contributed by atoms with Crippen LogP contribution in [0.15, 0.2) is 0 Å². The predicted octanol–water partition coefficient (Wildman–Crippen LogP) is 0.979.